The SMILES string of the molecule is COc1ccccc1-c1nnc(S[C@@H](C)C(=O)N2CCc3ccccc3C2)n1C. The minimum Gasteiger partial charge on any atom is -0.496 e. The zero-order chi connectivity index (χ0) is 20.4. The molecule has 0 unspecified atom stereocenters. The van der Waals surface area contributed by atoms with Crippen LogP contribution in [0.3, 0.4) is 0 Å². The summed E-state index contributed by atoms with van der Waals surface area (Å²) in [5.41, 5.74) is 3.46. The Morgan fingerprint density at radius 2 is 1.83 bits per heavy atom. The van der Waals surface area contributed by atoms with E-state index in [9.17, 15) is 4.79 Å². The van der Waals surface area contributed by atoms with E-state index in [0.717, 1.165) is 30.1 Å². The van der Waals surface area contributed by atoms with E-state index in [-0.39, 0.29) is 11.2 Å². The van der Waals surface area contributed by atoms with Gasteiger partial charge in [0.05, 0.1) is 17.9 Å². The van der Waals surface area contributed by atoms with Crippen LogP contribution in [0.15, 0.2) is 53.7 Å². The maximum Gasteiger partial charge on any atom is 0.236 e. The van der Waals surface area contributed by atoms with Gasteiger partial charge in [0, 0.05) is 20.1 Å². The molecule has 150 valence electrons. The molecular formula is C22H24N4O2S. The first kappa shape index (κ1) is 19.5. The van der Waals surface area contributed by atoms with E-state index in [1.807, 2.05) is 53.8 Å². The first-order valence-electron chi connectivity index (χ1n) is 9.63. The van der Waals surface area contributed by atoms with Crippen molar-refractivity contribution in [3.05, 3.63) is 59.7 Å². The summed E-state index contributed by atoms with van der Waals surface area (Å²) < 4.78 is 7.36. The number of carbonyl (C=O) groups is 1. The molecule has 0 bridgehead atoms. The quantitative estimate of drug-likeness (QED) is 0.604. The van der Waals surface area contributed by atoms with E-state index >= 15 is 0 Å². The lowest BCUT2D eigenvalue weighted by atomic mass is 10.00. The molecule has 2 heterocycles. The van der Waals surface area contributed by atoms with E-state index in [1.165, 1.54) is 22.9 Å². The van der Waals surface area contributed by atoms with Crippen LogP contribution in [0.2, 0.25) is 0 Å². The number of hydrogen-bond acceptors (Lipinski definition) is 5. The summed E-state index contributed by atoms with van der Waals surface area (Å²) in [5, 5.41) is 9.13. The summed E-state index contributed by atoms with van der Waals surface area (Å²) in [6, 6.07) is 16.1. The number of hydrogen-bond donors (Lipinski definition) is 0. The molecule has 0 spiro atoms. The number of carbonyl (C=O) groups excluding carboxylic acids is 1. The summed E-state index contributed by atoms with van der Waals surface area (Å²) in [5.74, 6) is 1.60. The van der Waals surface area contributed by atoms with Crippen LogP contribution in [0.1, 0.15) is 18.1 Å². The third-order valence-electron chi connectivity index (χ3n) is 5.26. The van der Waals surface area contributed by atoms with Gasteiger partial charge < -0.3 is 14.2 Å². The Hall–Kier alpha value is -2.80. The molecule has 0 N–H and O–H groups in total. The largest absolute Gasteiger partial charge is 0.496 e. The summed E-state index contributed by atoms with van der Waals surface area (Å²) >= 11 is 1.44. The lowest BCUT2D eigenvalue weighted by Crippen LogP contribution is -2.40. The van der Waals surface area contributed by atoms with Crippen molar-refractivity contribution in [1.82, 2.24) is 19.7 Å². The number of ether oxygens (including phenoxy) is 1. The summed E-state index contributed by atoms with van der Waals surface area (Å²) in [7, 11) is 3.56. The van der Waals surface area contributed by atoms with E-state index in [2.05, 4.69) is 28.4 Å². The molecule has 0 saturated carbocycles. The Labute approximate surface area is 174 Å². The molecule has 0 saturated heterocycles. The van der Waals surface area contributed by atoms with Gasteiger partial charge in [-0.3, -0.25) is 4.79 Å². The normalized spacial score (nSPS) is 14.4. The van der Waals surface area contributed by atoms with Gasteiger partial charge in [-0.2, -0.15) is 0 Å². The second-order valence-corrected chi connectivity index (χ2v) is 8.41. The maximum absolute atomic E-state index is 13.0. The predicted octanol–water partition coefficient (Wildman–Crippen LogP) is 3.56. The van der Waals surface area contributed by atoms with Crippen molar-refractivity contribution in [3.63, 3.8) is 0 Å². The monoisotopic (exact) mass is 408 g/mol. The van der Waals surface area contributed by atoms with Gasteiger partial charge in [-0.15, -0.1) is 10.2 Å². The zero-order valence-electron chi connectivity index (χ0n) is 16.8. The molecule has 1 amide bonds. The highest BCUT2D eigenvalue weighted by atomic mass is 32.2. The van der Waals surface area contributed by atoms with Crippen LogP contribution >= 0.6 is 11.8 Å². The molecule has 6 nitrogen and oxygen atoms in total. The van der Waals surface area contributed by atoms with Gasteiger partial charge in [0.25, 0.3) is 0 Å². The highest BCUT2D eigenvalue weighted by Gasteiger charge is 2.27. The van der Waals surface area contributed by atoms with Crippen molar-refractivity contribution >= 4 is 17.7 Å². The molecule has 29 heavy (non-hydrogen) atoms. The number of fused-ring (bicyclic) bond motifs is 1. The first-order valence-corrected chi connectivity index (χ1v) is 10.5. The number of para-hydroxylation sites is 1. The number of amides is 1. The van der Waals surface area contributed by atoms with Crippen LogP contribution in [0.4, 0.5) is 0 Å². The highest BCUT2D eigenvalue weighted by molar-refractivity contribution is 8.00. The fraction of sp³-hybridized carbons (Fsp3) is 0.318. The van der Waals surface area contributed by atoms with Crippen LogP contribution in [0.5, 0.6) is 5.75 Å². The van der Waals surface area contributed by atoms with Crippen LogP contribution in [0.25, 0.3) is 11.4 Å². The molecule has 1 aromatic heterocycles. The maximum atomic E-state index is 13.0. The zero-order valence-corrected chi connectivity index (χ0v) is 17.6. The number of methoxy groups -OCH3 is 1. The summed E-state index contributed by atoms with van der Waals surface area (Å²) in [6.45, 7) is 3.36. The van der Waals surface area contributed by atoms with E-state index < -0.39 is 0 Å². The number of rotatable bonds is 5. The molecule has 0 radical (unpaired) electrons. The fourth-order valence-electron chi connectivity index (χ4n) is 3.63. The second kappa shape index (κ2) is 8.29. The second-order valence-electron chi connectivity index (χ2n) is 7.10. The van der Waals surface area contributed by atoms with Crippen molar-refractivity contribution in [2.45, 2.75) is 30.3 Å². The minimum absolute atomic E-state index is 0.131. The van der Waals surface area contributed by atoms with Crippen molar-refractivity contribution in [2.24, 2.45) is 7.05 Å². The molecule has 2 aromatic carbocycles. The van der Waals surface area contributed by atoms with E-state index in [4.69, 9.17) is 4.74 Å². The van der Waals surface area contributed by atoms with E-state index in [0.29, 0.717) is 11.7 Å². The molecule has 0 fully saturated rings. The number of benzene rings is 2. The van der Waals surface area contributed by atoms with Gasteiger partial charge >= 0.3 is 0 Å². The van der Waals surface area contributed by atoms with Crippen LogP contribution in [-0.2, 0) is 24.8 Å². The van der Waals surface area contributed by atoms with Crippen molar-refractivity contribution in [2.75, 3.05) is 13.7 Å². The minimum atomic E-state index is -0.242. The van der Waals surface area contributed by atoms with Gasteiger partial charge in [0.2, 0.25) is 5.91 Å². The molecule has 1 aliphatic rings. The Morgan fingerprint density at radius 1 is 1.10 bits per heavy atom. The molecule has 7 heteroatoms. The van der Waals surface area contributed by atoms with Gasteiger partial charge in [0.15, 0.2) is 11.0 Å². The molecular weight excluding hydrogens is 384 g/mol. The lowest BCUT2D eigenvalue weighted by Gasteiger charge is -2.30. The Balaban J connectivity index is 1.49. The van der Waals surface area contributed by atoms with Crippen LogP contribution in [-0.4, -0.2) is 44.5 Å². The van der Waals surface area contributed by atoms with Gasteiger partial charge in [-0.25, -0.2) is 0 Å². The molecule has 1 atom stereocenters. The number of nitrogens with zero attached hydrogens (tertiary/aromatic N) is 4. The third kappa shape index (κ3) is 3.87. The predicted molar refractivity (Wildman–Crippen MR) is 114 cm³/mol. The van der Waals surface area contributed by atoms with Gasteiger partial charge in [0.1, 0.15) is 5.75 Å². The van der Waals surface area contributed by atoms with Crippen LogP contribution < -0.4 is 4.74 Å². The topological polar surface area (TPSA) is 60.3 Å². The Kier molecular flexibility index (Phi) is 5.58. The van der Waals surface area contributed by atoms with E-state index in [1.54, 1.807) is 7.11 Å². The van der Waals surface area contributed by atoms with Crippen molar-refractivity contribution in [1.29, 1.82) is 0 Å². The van der Waals surface area contributed by atoms with Crippen molar-refractivity contribution < 1.29 is 9.53 Å². The Bertz CT molecular complexity index is 1030. The Morgan fingerprint density at radius 3 is 2.62 bits per heavy atom. The molecule has 4 rings (SSSR count). The lowest BCUT2D eigenvalue weighted by molar-refractivity contribution is -0.131. The number of aromatic nitrogens is 3. The molecule has 0 aliphatic carbocycles. The summed E-state index contributed by atoms with van der Waals surface area (Å²) in [6.07, 6.45) is 0.904. The smallest absolute Gasteiger partial charge is 0.236 e. The average Bonchev–Trinajstić information content (AvgIpc) is 3.12. The summed E-state index contributed by atoms with van der Waals surface area (Å²) in [4.78, 5) is 15.0. The van der Waals surface area contributed by atoms with Crippen molar-refractivity contribution in [3.8, 4) is 17.1 Å². The highest BCUT2D eigenvalue weighted by Crippen LogP contribution is 2.32. The standard InChI is InChI=1S/C22H24N4O2S/c1-15(21(27)26-13-12-16-8-4-5-9-17(16)14-26)29-22-24-23-20(25(22)2)18-10-6-7-11-19(18)28-3/h4-11,15H,12-14H2,1-3H3/t15-/m0/s1. The number of thioether (sulfide) groups is 1. The van der Waals surface area contributed by atoms with Crippen LogP contribution in [0, 0.1) is 0 Å². The van der Waals surface area contributed by atoms with Gasteiger partial charge in [-0.1, -0.05) is 48.2 Å². The molecule has 3 aromatic rings. The van der Waals surface area contributed by atoms with Gasteiger partial charge in [-0.05, 0) is 36.6 Å². The average molecular weight is 409 g/mol. The third-order valence-corrected chi connectivity index (χ3v) is 6.38. The first-order chi connectivity index (χ1) is 14.1. The fourth-order valence-corrected chi connectivity index (χ4v) is 4.53. The molecule has 1 aliphatic heterocycles.